The lowest BCUT2D eigenvalue weighted by molar-refractivity contribution is 0.421. The van der Waals surface area contributed by atoms with Crippen LogP contribution in [-0.2, 0) is 13.5 Å². The van der Waals surface area contributed by atoms with Crippen molar-refractivity contribution in [1.29, 1.82) is 5.26 Å². The van der Waals surface area contributed by atoms with Crippen LogP contribution >= 0.6 is 11.6 Å². The van der Waals surface area contributed by atoms with E-state index in [1.54, 1.807) is 0 Å². The molecule has 0 amide bonds. The average Bonchev–Trinajstić information content (AvgIpc) is 2.59. The minimum Gasteiger partial charge on any atom is -0.322 e. The summed E-state index contributed by atoms with van der Waals surface area (Å²) in [5.41, 5.74) is 0.729. The molecule has 1 aromatic heterocycles. The Morgan fingerprint density at radius 1 is 1.44 bits per heavy atom. The van der Waals surface area contributed by atoms with Crippen molar-refractivity contribution in [3.63, 3.8) is 0 Å². The fourth-order valence-corrected chi connectivity index (χ4v) is 2.66. The maximum atomic E-state index is 8.70. The van der Waals surface area contributed by atoms with E-state index >= 15 is 0 Å². The number of nitrogens with zero attached hydrogens (tertiary/aromatic N) is 3. The minimum absolute atomic E-state index is 0.305. The molecule has 0 radical (unpaired) electrons. The van der Waals surface area contributed by atoms with Gasteiger partial charge in [0.25, 0.3) is 0 Å². The standard InChI is InChI=1S/C12H16ClN3/c1-16-11(13)10(7-8-14)15-12(16)9-5-3-2-4-6-9/h9H,2-7H2,1H3. The minimum atomic E-state index is 0.305. The van der Waals surface area contributed by atoms with Gasteiger partial charge in [-0.3, -0.25) is 0 Å². The molecule has 0 aliphatic heterocycles. The van der Waals surface area contributed by atoms with E-state index in [2.05, 4.69) is 11.1 Å². The zero-order valence-electron chi connectivity index (χ0n) is 9.54. The number of hydrogen-bond acceptors (Lipinski definition) is 2. The third-order valence-corrected chi connectivity index (χ3v) is 3.81. The number of rotatable bonds is 2. The van der Waals surface area contributed by atoms with Gasteiger partial charge in [-0.15, -0.1) is 0 Å². The molecule has 86 valence electrons. The Balaban J connectivity index is 2.26. The van der Waals surface area contributed by atoms with Crippen LogP contribution in [0.4, 0.5) is 0 Å². The van der Waals surface area contributed by atoms with Crippen LogP contribution in [0.2, 0.25) is 5.15 Å². The summed E-state index contributed by atoms with van der Waals surface area (Å²) >= 11 is 6.16. The van der Waals surface area contributed by atoms with Gasteiger partial charge in [-0.25, -0.2) is 4.98 Å². The Bertz CT molecular complexity index is 411. The number of imidazole rings is 1. The van der Waals surface area contributed by atoms with E-state index in [0.29, 0.717) is 17.5 Å². The van der Waals surface area contributed by atoms with Gasteiger partial charge in [-0.2, -0.15) is 5.26 Å². The van der Waals surface area contributed by atoms with E-state index in [-0.39, 0.29) is 0 Å². The number of hydrogen-bond donors (Lipinski definition) is 0. The van der Waals surface area contributed by atoms with Crippen molar-refractivity contribution in [3.8, 4) is 6.07 Å². The van der Waals surface area contributed by atoms with E-state index in [9.17, 15) is 0 Å². The van der Waals surface area contributed by atoms with Crippen LogP contribution < -0.4 is 0 Å². The summed E-state index contributed by atoms with van der Waals surface area (Å²) in [5, 5.41) is 9.32. The van der Waals surface area contributed by atoms with Gasteiger partial charge in [0.05, 0.1) is 18.2 Å². The van der Waals surface area contributed by atoms with E-state index < -0.39 is 0 Å². The fraction of sp³-hybridized carbons (Fsp3) is 0.667. The van der Waals surface area contributed by atoms with Gasteiger partial charge in [0, 0.05) is 13.0 Å². The summed E-state index contributed by atoms with van der Waals surface area (Å²) in [4.78, 5) is 4.53. The molecule has 1 saturated carbocycles. The molecule has 1 heterocycles. The topological polar surface area (TPSA) is 41.6 Å². The molecule has 0 atom stereocenters. The van der Waals surface area contributed by atoms with E-state index in [4.69, 9.17) is 16.9 Å². The predicted molar refractivity (Wildman–Crippen MR) is 63.4 cm³/mol. The number of aromatic nitrogens is 2. The molecule has 0 aromatic carbocycles. The first kappa shape index (κ1) is 11.5. The summed E-state index contributed by atoms with van der Waals surface area (Å²) in [6.07, 6.45) is 6.60. The third kappa shape index (κ3) is 2.08. The molecule has 0 spiro atoms. The summed E-state index contributed by atoms with van der Waals surface area (Å²) in [7, 11) is 1.94. The molecule has 0 bridgehead atoms. The lowest BCUT2D eigenvalue weighted by Crippen LogP contribution is -2.10. The first-order chi connectivity index (χ1) is 7.74. The molecule has 0 N–H and O–H groups in total. The molecule has 1 fully saturated rings. The zero-order valence-corrected chi connectivity index (χ0v) is 10.3. The molecule has 1 aliphatic carbocycles. The van der Waals surface area contributed by atoms with Gasteiger partial charge in [-0.1, -0.05) is 30.9 Å². The summed E-state index contributed by atoms with van der Waals surface area (Å²) in [5.74, 6) is 1.60. The SMILES string of the molecule is Cn1c(C2CCCCC2)nc(CC#N)c1Cl. The Morgan fingerprint density at radius 2 is 2.12 bits per heavy atom. The first-order valence-corrected chi connectivity index (χ1v) is 6.19. The quantitative estimate of drug-likeness (QED) is 0.793. The zero-order chi connectivity index (χ0) is 11.5. The molecule has 0 unspecified atom stereocenters. The highest BCUT2D eigenvalue weighted by molar-refractivity contribution is 6.30. The van der Waals surface area contributed by atoms with Crippen LogP contribution in [0.5, 0.6) is 0 Å². The summed E-state index contributed by atoms with van der Waals surface area (Å²) in [6, 6.07) is 2.11. The fourth-order valence-electron chi connectivity index (χ4n) is 2.47. The van der Waals surface area contributed by atoms with Crippen LogP contribution in [0, 0.1) is 11.3 Å². The average molecular weight is 238 g/mol. The maximum absolute atomic E-state index is 8.70. The van der Waals surface area contributed by atoms with Crippen molar-refractivity contribution in [2.75, 3.05) is 0 Å². The van der Waals surface area contributed by atoms with Gasteiger partial charge in [-0.05, 0) is 12.8 Å². The van der Waals surface area contributed by atoms with Crippen molar-refractivity contribution in [2.45, 2.75) is 44.4 Å². The van der Waals surface area contributed by atoms with E-state index in [1.807, 2.05) is 11.6 Å². The highest BCUT2D eigenvalue weighted by atomic mass is 35.5. The van der Waals surface area contributed by atoms with Gasteiger partial charge in [0.1, 0.15) is 11.0 Å². The maximum Gasteiger partial charge on any atom is 0.132 e. The second kappa shape index (κ2) is 4.88. The van der Waals surface area contributed by atoms with Crippen molar-refractivity contribution in [2.24, 2.45) is 7.05 Å². The van der Waals surface area contributed by atoms with E-state index in [1.165, 1.54) is 32.1 Å². The number of nitriles is 1. The number of halogens is 1. The molecule has 1 aliphatic rings. The smallest absolute Gasteiger partial charge is 0.132 e. The second-order valence-electron chi connectivity index (χ2n) is 4.44. The first-order valence-electron chi connectivity index (χ1n) is 5.82. The molecular formula is C12H16ClN3. The molecule has 0 saturated heterocycles. The third-order valence-electron chi connectivity index (χ3n) is 3.34. The molecule has 2 rings (SSSR count). The van der Waals surface area contributed by atoms with Gasteiger partial charge >= 0.3 is 0 Å². The Kier molecular flexibility index (Phi) is 3.50. The Morgan fingerprint density at radius 3 is 2.75 bits per heavy atom. The second-order valence-corrected chi connectivity index (χ2v) is 4.79. The lowest BCUT2D eigenvalue weighted by atomic mass is 9.89. The molecule has 4 heteroatoms. The van der Waals surface area contributed by atoms with Crippen LogP contribution in [0.3, 0.4) is 0 Å². The lowest BCUT2D eigenvalue weighted by Gasteiger charge is -2.20. The molecule has 3 nitrogen and oxygen atoms in total. The monoisotopic (exact) mass is 237 g/mol. The van der Waals surface area contributed by atoms with Crippen molar-refractivity contribution in [3.05, 3.63) is 16.7 Å². The highest BCUT2D eigenvalue weighted by Gasteiger charge is 2.22. The molecule has 16 heavy (non-hydrogen) atoms. The van der Waals surface area contributed by atoms with Gasteiger partial charge < -0.3 is 4.57 Å². The van der Waals surface area contributed by atoms with Gasteiger partial charge in [0.2, 0.25) is 0 Å². The molecule has 1 aromatic rings. The van der Waals surface area contributed by atoms with Crippen LogP contribution in [0.15, 0.2) is 0 Å². The summed E-state index contributed by atoms with van der Waals surface area (Å²) in [6.45, 7) is 0. The highest BCUT2D eigenvalue weighted by Crippen LogP contribution is 2.33. The van der Waals surface area contributed by atoms with Crippen LogP contribution in [0.1, 0.15) is 49.5 Å². The van der Waals surface area contributed by atoms with Crippen LogP contribution in [0.25, 0.3) is 0 Å². The van der Waals surface area contributed by atoms with Crippen LogP contribution in [-0.4, -0.2) is 9.55 Å². The van der Waals surface area contributed by atoms with Crippen molar-refractivity contribution in [1.82, 2.24) is 9.55 Å². The summed E-state index contributed by atoms with van der Waals surface area (Å²) < 4.78 is 1.95. The predicted octanol–water partition coefficient (Wildman–Crippen LogP) is 3.19. The Hall–Kier alpha value is -1.01. The van der Waals surface area contributed by atoms with E-state index in [0.717, 1.165) is 11.5 Å². The normalized spacial score (nSPS) is 17.3. The van der Waals surface area contributed by atoms with Crippen molar-refractivity contribution >= 4 is 11.6 Å². The largest absolute Gasteiger partial charge is 0.322 e. The molecular weight excluding hydrogens is 222 g/mol. The van der Waals surface area contributed by atoms with Gasteiger partial charge in [0.15, 0.2) is 0 Å². The van der Waals surface area contributed by atoms with Crippen molar-refractivity contribution < 1.29 is 0 Å². The Labute approximate surface area is 101 Å².